The van der Waals surface area contributed by atoms with Gasteiger partial charge in [-0.2, -0.15) is 0 Å². The number of nitrogens with one attached hydrogen (secondary N) is 1. The van der Waals surface area contributed by atoms with Gasteiger partial charge in [0.25, 0.3) is 5.56 Å². The van der Waals surface area contributed by atoms with Crippen LogP contribution in [0.2, 0.25) is 0 Å². The lowest BCUT2D eigenvalue weighted by molar-refractivity contribution is -0.121. The number of aromatic carboxylic acids is 1. The molecule has 0 unspecified atom stereocenters. The van der Waals surface area contributed by atoms with Crippen LogP contribution in [-0.4, -0.2) is 41.8 Å². The molecule has 116 valence electrons. The summed E-state index contributed by atoms with van der Waals surface area (Å²) in [5.74, 6) is -1.62. The monoisotopic (exact) mass is 296 g/mol. The summed E-state index contributed by atoms with van der Waals surface area (Å²) in [6, 6.07) is 1.59. The summed E-state index contributed by atoms with van der Waals surface area (Å²) in [6.45, 7) is 4.01. The van der Waals surface area contributed by atoms with Crippen LogP contribution in [-0.2, 0) is 16.1 Å². The largest absolute Gasteiger partial charge is 0.477 e. The summed E-state index contributed by atoms with van der Waals surface area (Å²) < 4.78 is 6.03. The molecule has 0 aliphatic carbocycles. The van der Waals surface area contributed by atoms with E-state index in [9.17, 15) is 14.4 Å². The van der Waals surface area contributed by atoms with Gasteiger partial charge >= 0.3 is 5.97 Å². The van der Waals surface area contributed by atoms with Crippen LogP contribution in [0.5, 0.6) is 0 Å². The summed E-state index contributed by atoms with van der Waals surface area (Å²) in [4.78, 5) is 35.0. The lowest BCUT2D eigenvalue weighted by Crippen LogP contribution is -2.36. The molecule has 1 aromatic heterocycles. The highest BCUT2D eigenvalue weighted by Gasteiger charge is 2.17. The van der Waals surface area contributed by atoms with Crippen LogP contribution in [0.1, 0.15) is 28.0 Å². The van der Waals surface area contributed by atoms with Gasteiger partial charge in [-0.3, -0.25) is 9.59 Å². The molecule has 1 rings (SSSR count). The Morgan fingerprint density at radius 3 is 2.62 bits per heavy atom. The second-order valence-corrected chi connectivity index (χ2v) is 4.74. The first kappa shape index (κ1) is 16.9. The van der Waals surface area contributed by atoms with Crippen LogP contribution >= 0.6 is 0 Å². The van der Waals surface area contributed by atoms with Crippen LogP contribution < -0.4 is 10.9 Å². The fourth-order valence-electron chi connectivity index (χ4n) is 2.03. The maximum Gasteiger partial charge on any atom is 0.341 e. The van der Waals surface area contributed by atoms with Crippen molar-refractivity contribution in [3.05, 3.63) is 33.2 Å². The van der Waals surface area contributed by atoms with E-state index in [1.54, 1.807) is 27.0 Å². The molecule has 0 bridgehead atoms. The summed E-state index contributed by atoms with van der Waals surface area (Å²) in [7, 11) is 1.57. The molecule has 0 saturated heterocycles. The SMILES string of the molecule is COCCCNC(=O)Cn1c(C)cc(C)c(C(=O)O)c1=O. The van der Waals surface area contributed by atoms with Crippen LogP contribution in [0.4, 0.5) is 0 Å². The van der Waals surface area contributed by atoms with Crippen molar-refractivity contribution in [1.29, 1.82) is 0 Å². The van der Waals surface area contributed by atoms with Crippen molar-refractivity contribution >= 4 is 11.9 Å². The average molecular weight is 296 g/mol. The number of carbonyl (C=O) groups excluding carboxylic acids is 1. The highest BCUT2D eigenvalue weighted by Crippen LogP contribution is 2.06. The number of methoxy groups -OCH3 is 1. The first-order valence-electron chi connectivity index (χ1n) is 6.58. The fraction of sp³-hybridized carbons (Fsp3) is 0.500. The zero-order valence-corrected chi connectivity index (χ0v) is 12.4. The maximum absolute atomic E-state index is 12.1. The van der Waals surface area contributed by atoms with Crippen LogP contribution in [0.15, 0.2) is 10.9 Å². The number of ether oxygens (including phenoxy) is 1. The van der Waals surface area contributed by atoms with Crippen molar-refractivity contribution in [2.24, 2.45) is 0 Å². The molecule has 0 aliphatic heterocycles. The minimum Gasteiger partial charge on any atom is -0.477 e. The van der Waals surface area contributed by atoms with E-state index in [4.69, 9.17) is 9.84 Å². The molecule has 1 amide bonds. The summed E-state index contributed by atoms with van der Waals surface area (Å²) in [5.41, 5.74) is -0.0175. The summed E-state index contributed by atoms with van der Waals surface area (Å²) >= 11 is 0. The van der Waals surface area contributed by atoms with Crippen LogP contribution in [0.25, 0.3) is 0 Å². The minimum absolute atomic E-state index is 0.196. The number of rotatable bonds is 7. The third kappa shape index (κ3) is 4.42. The molecule has 0 radical (unpaired) electrons. The van der Waals surface area contributed by atoms with Crippen molar-refractivity contribution in [3.8, 4) is 0 Å². The Morgan fingerprint density at radius 2 is 2.05 bits per heavy atom. The van der Waals surface area contributed by atoms with E-state index < -0.39 is 11.5 Å². The Hall–Kier alpha value is -2.15. The van der Waals surface area contributed by atoms with E-state index in [1.165, 1.54) is 4.57 Å². The van der Waals surface area contributed by atoms with Gasteiger partial charge < -0.3 is 19.7 Å². The van der Waals surface area contributed by atoms with E-state index in [-0.39, 0.29) is 18.0 Å². The number of carboxylic acids is 1. The van der Waals surface area contributed by atoms with Gasteiger partial charge in [-0.05, 0) is 31.9 Å². The predicted molar refractivity (Wildman–Crippen MR) is 76.6 cm³/mol. The number of nitrogens with zero attached hydrogens (tertiary/aromatic N) is 1. The Labute approximate surface area is 122 Å². The number of carboxylic acid groups (broad SMARTS) is 1. The molecular weight excluding hydrogens is 276 g/mol. The van der Waals surface area contributed by atoms with Crippen molar-refractivity contribution in [2.45, 2.75) is 26.8 Å². The van der Waals surface area contributed by atoms with E-state index >= 15 is 0 Å². The van der Waals surface area contributed by atoms with Crippen molar-refractivity contribution in [2.75, 3.05) is 20.3 Å². The Balaban J connectivity index is 2.89. The van der Waals surface area contributed by atoms with Crippen LogP contribution in [0, 0.1) is 13.8 Å². The molecule has 0 fully saturated rings. The lowest BCUT2D eigenvalue weighted by Gasteiger charge is -2.12. The Bertz CT molecular complexity index is 592. The number of pyridine rings is 1. The molecule has 0 spiro atoms. The highest BCUT2D eigenvalue weighted by atomic mass is 16.5. The molecule has 2 N–H and O–H groups in total. The number of amides is 1. The van der Waals surface area contributed by atoms with E-state index in [0.29, 0.717) is 30.8 Å². The maximum atomic E-state index is 12.1. The molecule has 7 nitrogen and oxygen atoms in total. The molecule has 1 aromatic rings. The van der Waals surface area contributed by atoms with Gasteiger partial charge in [0, 0.05) is 26.0 Å². The second kappa shape index (κ2) is 7.58. The average Bonchev–Trinajstić information content (AvgIpc) is 2.39. The van der Waals surface area contributed by atoms with Gasteiger partial charge in [0.15, 0.2) is 0 Å². The van der Waals surface area contributed by atoms with Crippen molar-refractivity contribution < 1.29 is 19.4 Å². The smallest absolute Gasteiger partial charge is 0.341 e. The standard InChI is InChI=1S/C14H20N2O5/c1-9-7-10(2)16(13(18)12(9)14(19)20)8-11(17)15-5-4-6-21-3/h7H,4-6,8H2,1-3H3,(H,15,17)(H,19,20). The molecule has 0 aromatic carbocycles. The van der Waals surface area contributed by atoms with Gasteiger partial charge in [-0.1, -0.05) is 0 Å². The molecule has 1 heterocycles. The van der Waals surface area contributed by atoms with E-state index in [2.05, 4.69) is 5.32 Å². The van der Waals surface area contributed by atoms with Gasteiger partial charge in [-0.15, -0.1) is 0 Å². The topological polar surface area (TPSA) is 97.6 Å². The number of carbonyl (C=O) groups is 2. The van der Waals surface area contributed by atoms with Crippen molar-refractivity contribution in [1.82, 2.24) is 9.88 Å². The quantitative estimate of drug-likeness (QED) is 0.706. The molecule has 0 aliphatic rings. The third-order valence-electron chi connectivity index (χ3n) is 3.07. The summed E-state index contributed by atoms with van der Waals surface area (Å²) in [5, 5.41) is 11.7. The molecule has 7 heteroatoms. The highest BCUT2D eigenvalue weighted by molar-refractivity contribution is 5.89. The number of hydrogen-bond acceptors (Lipinski definition) is 4. The molecule has 21 heavy (non-hydrogen) atoms. The lowest BCUT2D eigenvalue weighted by atomic mass is 10.1. The number of hydrogen-bond donors (Lipinski definition) is 2. The normalized spacial score (nSPS) is 10.4. The number of aryl methyl sites for hydroxylation is 2. The van der Waals surface area contributed by atoms with Gasteiger partial charge in [-0.25, -0.2) is 4.79 Å². The molecule has 0 atom stereocenters. The fourth-order valence-corrected chi connectivity index (χ4v) is 2.03. The van der Waals surface area contributed by atoms with Gasteiger partial charge in [0.1, 0.15) is 12.1 Å². The number of aromatic nitrogens is 1. The van der Waals surface area contributed by atoms with Gasteiger partial charge in [0.05, 0.1) is 0 Å². The third-order valence-corrected chi connectivity index (χ3v) is 3.07. The minimum atomic E-state index is -1.29. The Kier molecular flexibility index (Phi) is 6.10. The van der Waals surface area contributed by atoms with Crippen molar-refractivity contribution in [3.63, 3.8) is 0 Å². The first-order chi connectivity index (χ1) is 9.88. The molecule has 0 saturated carbocycles. The zero-order chi connectivity index (χ0) is 16.0. The second-order valence-electron chi connectivity index (χ2n) is 4.74. The van der Waals surface area contributed by atoms with E-state index in [1.807, 2.05) is 0 Å². The van der Waals surface area contributed by atoms with Gasteiger partial charge in [0.2, 0.25) is 5.91 Å². The van der Waals surface area contributed by atoms with Crippen LogP contribution in [0.3, 0.4) is 0 Å². The molecular formula is C14H20N2O5. The van der Waals surface area contributed by atoms with E-state index in [0.717, 1.165) is 0 Å². The predicted octanol–water partition coefficient (Wildman–Crippen LogP) is 0.316. The zero-order valence-electron chi connectivity index (χ0n) is 12.4. The summed E-state index contributed by atoms with van der Waals surface area (Å²) in [6.07, 6.45) is 0.671. The Morgan fingerprint density at radius 1 is 1.38 bits per heavy atom. The first-order valence-corrected chi connectivity index (χ1v) is 6.58.